The van der Waals surface area contributed by atoms with E-state index >= 15 is 0 Å². The quantitative estimate of drug-likeness (QED) is 0.845. The zero-order chi connectivity index (χ0) is 18.7. The van der Waals surface area contributed by atoms with Gasteiger partial charge in [0.2, 0.25) is 5.91 Å². The van der Waals surface area contributed by atoms with Crippen molar-refractivity contribution in [2.45, 2.75) is 53.5 Å². The van der Waals surface area contributed by atoms with Gasteiger partial charge in [-0.2, -0.15) is 5.10 Å². The van der Waals surface area contributed by atoms with E-state index in [-0.39, 0.29) is 11.3 Å². The number of hydrogen-bond donors (Lipinski definition) is 0. The van der Waals surface area contributed by atoms with Crippen molar-refractivity contribution in [3.8, 4) is 11.4 Å². The van der Waals surface area contributed by atoms with Crippen LogP contribution in [0, 0.1) is 11.3 Å². The molecule has 3 rings (SSSR count). The normalized spacial score (nSPS) is 16.1. The predicted octanol–water partition coefficient (Wildman–Crippen LogP) is 3.19. The first-order valence-corrected chi connectivity index (χ1v) is 9.51. The second-order valence-corrected chi connectivity index (χ2v) is 8.11. The van der Waals surface area contributed by atoms with E-state index in [1.165, 1.54) is 0 Å². The molecule has 0 N–H and O–H groups in total. The maximum Gasteiger partial charge on any atom is 0.227 e. The van der Waals surface area contributed by atoms with E-state index in [1.807, 2.05) is 48.8 Å². The van der Waals surface area contributed by atoms with E-state index in [4.69, 9.17) is 0 Å². The third-order valence-corrected chi connectivity index (χ3v) is 5.02. The Morgan fingerprint density at radius 1 is 1.19 bits per heavy atom. The van der Waals surface area contributed by atoms with E-state index < -0.39 is 0 Å². The molecule has 1 saturated heterocycles. The van der Waals surface area contributed by atoms with Crippen molar-refractivity contribution in [3.05, 3.63) is 30.4 Å². The Balaban J connectivity index is 1.57. The van der Waals surface area contributed by atoms with E-state index in [2.05, 4.69) is 22.0 Å². The van der Waals surface area contributed by atoms with Gasteiger partial charge in [-0.25, -0.2) is 0 Å². The van der Waals surface area contributed by atoms with Gasteiger partial charge < -0.3 is 4.90 Å². The maximum absolute atomic E-state index is 12.4. The van der Waals surface area contributed by atoms with Crippen LogP contribution in [0.4, 0.5) is 0 Å². The van der Waals surface area contributed by atoms with Crippen molar-refractivity contribution >= 4 is 5.91 Å². The van der Waals surface area contributed by atoms with Gasteiger partial charge in [0, 0.05) is 37.4 Å². The number of carbonyl (C=O) groups excluding carboxylic acids is 1. The number of rotatable bonds is 4. The summed E-state index contributed by atoms with van der Waals surface area (Å²) in [4.78, 5) is 23.6. The fourth-order valence-corrected chi connectivity index (χ4v) is 3.50. The van der Waals surface area contributed by atoms with Crippen molar-refractivity contribution in [2.75, 3.05) is 13.1 Å². The molecular weight excluding hydrogens is 326 g/mol. The minimum Gasteiger partial charge on any atom is -0.342 e. The number of nitrogens with zero attached hydrogens (tertiary/aromatic N) is 5. The summed E-state index contributed by atoms with van der Waals surface area (Å²) in [6.07, 6.45) is 8.52. The molecule has 0 saturated carbocycles. The molecule has 2 aromatic heterocycles. The summed E-state index contributed by atoms with van der Waals surface area (Å²) in [7, 11) is 0. The average Bonchev–Trinajstić information content (AvgIpc) is 3.10. The molecule has 1 fully saturated rings. The van der Waals surface area contributed by atoms with E-state index in [0.717, 1.165) is 56.0 Å². The third-order valence-electron chi connectivity index (χ3n) is 5.02. The molecule has 0 aliphatic carbocycles. The van der Waals surface area contributed by atoms with Gasteiger partial charge in [-0.05, 0) is 38.2 Å². The van der Waals surface area contributed by atoms with Crippen molar-refractivity contribution in [1.29, 1.82) is 0 Å². The van der Waals surface area contributed by atoms with Gasteiger partial charge in [-0.1, -0.05) is 20.8 Å². The molecule has 1 aliphatic heterocycles. The molecule has 0 unspecified atom stereocenters. The summed E-state index contributed by atoms with van der Waals surface area (Å²) in [6.45, 7) is 10.5. The molecule has 0 atom stereocenters. The number of aromatic nitrogens is 4. The highest BCUT2D eigenvalue weighted by Gasteiger charge is 2.30. The Labute approximate surface area is 155 Å². The molecular formula is C20H29N5O. The largest absolute Gasteiger partial charge is 0.342 e. The molecule has 0 radical (unpaired) electrons. The molecule has 6 heteroatoms. The highest BCUT2D eigenvalue weighted by atomic mass is 16.2. The van der Waals surface area contributed by atoms with Crippen LogP contribution in [-0.2, 0) is 17.8 Å². The van der Waals surface area contributed by atoms with Crippen LogP contribution in [0.1, 0.15) is 46.2 Å². The smallest absolute Gasteiger partial charge is 0.227 e. The SMILES string of the molecule is CCn1nccc1-c1cnc(CC2CCN(C(=O)C(C)(C)C)CC2)cn1. The Morgan fingerprint density at radius 3 is 2.50 bits per heavy atom. The lowest BCUT2D eigenvalue weighted by Gasteiger charge is -2.35. The number of likely N-dealkylation sites (tertiary alicyclic amines) is 1. The second kappa shape index (κ2) is 7.56. The van der Waals surface area contributed by atoms with Gasteiger partial charge >= 0.3 is 0 Å². The van der Waals surface area contributed by atoms with Crippen LogP contribution in [0.2, 0.25) is 0 Å². The lowest BCUT2D eigenvalue weighted by molar-refractivity contribution is -0.140. The van der Waals surface area contributed by atoms with Crippen LogP contribution >= 0.6 is 0 Å². The summed E-state index contributed by atoms with van der Waals surface area (Å²) in [5.74, 6) is 0.827. The number of aryl methyl sites for hydroxylation is 1. The highest BCUT2D eigenvalue weighted by Crippen LogP contribution is 2.25. The standard InChI is InChI=1S/C20H29N5O/c1-5-25-18(6-9-23-25)17-14-21-16(13-22-17)12-15-7-10-24(11-8-15)19(26)20(2,3)4/h6,9,13-15H,5,7-8,10-12H2,1-4H3. The molecule has 2 aromatic rings. The van der Waals surface area contributed by atoms with E-state index in [1.54, 1.807) is 6.20 Å². The first kappa shape index (κ1) is 18.5. The summed E-state index contributed by atoms with van der Waals surface area (Å²) >= 11 is 0. The minimum absolute atomic E-state index is 0.257. The fraction of sp³-hybridized carbons (Fsp3) is 0.600. The van der Waals surface area contributed by atoms with Gasteiger partial charge in [-0.15, -0.1) is 0 Å². The number of carbonyl (C=O) groups is 1. The molecule has 1 amide bonds. The molecule has 0 bridgehead atoms. The van der Waals surface area contributed by atoms with Crippen LogP contribution in [0.25, 0.3) is 11.4 Å². The van der Waals surface area contributed by atoms with Crippen LogP contribution in [0.5, 0.6) is 0 Å². The molecule has 1 aliphatic rings. The van der Waals surface area contributed by atoms with Gasteiger partial charge in [0.25, 0.3) is 0 Å². The summed E-state index contributed by atoms with van der Waals surface area (Å²) in [5.41, 5.74) is 2.59. The Morgan fingerprint density at radius 2 is 1.92 bits per heavy atom. The van der Waals surface area contributed by atoms with Crippen LogP contribution in [0.3, 0.4) is 0 Å². The Kier molecular flexibility index (Phi) is 5.39. The highest BCUT2D eigenvalue weighted by molar-refractivity contribution is 5.81. The summed E-state index contributed by atoms with van der Waals surface area (Å²) in [6, 6.07) is 1.97. The van der Waals surface area contributed by atoms with Crippen LogP contribution in [-0.4, -0.2) is 43.6 Å². The zero-order valence-corrected chi connectivity index (χ0v) is 16.3. The van der Waals surface area contributed by atoms with Crippen molar-refractivity contribution in [2.24, 2.45) is 11.3 Å². The Hall–Kier alpha value is -2.24. The van der Waals surface area contributed by atoms with E-state index in [0.29, 0.717) is 5.92 Å². The number of hydrogen-bond acceptors (Lipinski definition) is 4. The van der Waals surface area contributed by atoms with Gasteiger partial charge in [-0.3, -0.25) is 19.4 Å². The molecule has 0 aromatic carbocycles. The number of piperidine rings is 1. The topological polar surface area (TPSA) is 63.9 Å². The van der Waals surface area contributed by atoms with Gasteiger partial charge in [0.1, 0.15) is 5.69 Å². The van der Waals surface area contributed by atoms with Crippen molar-refractivity contribution in [1.82, 2.24) is 24.6 Å². The lowest BCUT2D eigenvalue weighted by atomic mass is 9.89. The molecule has 6 nitrogen and oxygen atoms in total. The van der Waals surface area contributed by atoms with Crippen molar-refractivity contribution in [3.63, 3.8) is 0 Å². The zero-order valence-electron chi connectivity index (χ0n) is 16.3. The molecule has 26 heavy (non-hydrogen) atoms. The molecule has 140 valence electrons. The van der Waals surface area contributed by atoms with Crippen LogP contribution < -0.4 is 0 Å². The third kappa shape index (κ3) is 4.11. The van der Waals surface area contributed by atoms with E-state index in [9.17, 15) is 4.79 Å². The summed E-state index contributed by atoms with van der Waals surface area (Å²) < 4.78 is 1.92. The summed E-state index contributed by atoms with van der Waals surface area (Å²) in [5, 5.41) is 4.28. The minimum atomic E-state index is -0.293. The molecule has 3 heterocycles. The maximum atomic E-state index is 12.4. The van der Waals surface area contributed by atoms with Gasteiger partial charge in [0.15, 0.2) is 0 Å². The fourth-order valence-electron chi connectivity index (χ4n) is 3.50. The van der Waals surface area contributed by atoms with Crippen molar-refractivity contribution < 1.29 is 4.79 Å². The predicted molar refractivity (Wildman–Crippen MR) is 101 cm³/mol. The first-order chi connectivity index (χ1) is 12.4. The molecule has 0 spiro atoms. The van der Waals surface area contributed by atoms with Gasteiger partial charge in [0.05, 0.1) is 17.6 Å². The monoisotopic (exact) mass is 355 g/mol. The average molecular weight is 355 g/mol. The first-order valence-electron chi connectivity index (χ1n) is 9.51. The van der Waals surface area contributed by atoms with Crippen LogP contribution in [0.15, 0.2) is 24.7 Å². The Bertz CT molecular complexity index is 736. The number of amides is 1. The lowest BCUT2D eigenvalue weighted by Crippen LogP contribution is -2.44. The second-order valence-electron chi connectivity index (χ2n) is 8.11.